The number of carbonyl (C=O) groups excluding carboxylic acids is 1. The van der Waals surface area contributed by atoms with Gasteiger partial charge in [0.05, 0.1) is 7.11 Å². The monoisotopic (exact) mass is 451 g/mol. The molecule has 2 aliphatic rings. The Kier molecular flexibility index (Phi) is 5.55. The Morgan fingerprint density at radius 1 is 1.12 bits per heavy atom. The molecular weight excluding hydrogens is 426 g/mol. The first-order chi connectivity index (χ1) is 16.0. The van der Waals surface area contributed by atoms with E-state index in [-0.39, 0.29) is 12.5 Å². The van der Waals surface area contributed by atoms with Gasteiger partial charge in [-0.25, -0.2) is 0 Å². The van der Waals surface area contributed by atoms with Crippen LogP contribution < -0.4 is 14.2 Å². The molecule has 2 aromatic carbocycles. The average molecular weight is 451 g/mol. The summed E-state index contributed by atoms with van der Waals surface area (Å²) in [5.41, 5.74) is 1.53. The molecule has 1 amide bonds. The number of benzene rings is 2. The number of carboxylic acids is 1. The molecule has 0 unspecified atom stereocenters. The lowest BCUT2D eigenvalue weighted by Crippen LogP contribution is -2.55. The number of rotatable bonds is 5. The topological polar surface area (TPSA) is 104 Å². The number of para-hydroxylation sites is 2. The Labute approximate surface area is 190 Å². The van der Waals surface area contributed by atoms with Gasteiger partial charge in [-0.2, -0.15) is 0 Å². The third-order valence-electron chi connectivity index (χ3n) is 6.22. The van der Waals surface area contributed by atoms with Gasteiger partial charge in [0.25, 0.3) is 5.91 Å². The summed E-state index contributed by atoms with van der Waals surface area (Å²) < 4.78 is 16.8. The van der Waals surface area contributed by atoms with Crippen LogP contribution in [0.15, 0.2) is 48.7 Å². The first-order valence-electron chi connectivity index (χ1n) is 10.8. The largest absolute Gasteiger partial charge is 0.497 e. The van der Waals surface area contributed by atoms with E-state index in [9.17, 15) is 14.7 Å². The Morgan fingerprint density at radius 2 is 1.88 bits per heavy atom. The van der Waals surface area contributed by atoms with Crippen LogP contribution in [-0.4, -0.2) is 77.8 Å². The number of aromatic amines is 1. The molecule has 172 valence electrons. The fourth-order valence-corrected chi connectivity index (χ4v) is 4.51. The molecule has 0 saturated carbocycles. The molecule has 2 aliphatic heterocycles. The first kappa shape index (κ1) is 21.1. The van der Waals surface area contributed by atoms with E-state index < -0.39 is 18.1 Å². The molecule has 3 aromatic rings. The van der Waals surface area contributed by atoms with Gasteiger partial charge in [0, 0.05) is 48.8 Å². The van der Waals surface area contributed by atoms with Gasteiger partial charge in [0.1, 0.15) is 18.4 Å². The summed E-state index contributed by atoms with van der Waals surface area (Å²) in [6.45, 7) is 1.85. The zero-order chi connectivity index (χ0) is 22.9. The van der Waals surface area contributed by atoms with Crippen molar-refractivity contribution in [1.82, 2.24) is 14.8 Å². The number of hydrogen-bond donors (Lipinski definition) is 2. The second-order valence-corrected chi connectivity index (χ2v) is 8.12. The van der Waals surface area contributed by atoms with Crippen molar-refractivity contribution in [3.8, 4) is 17.2 Å². The highest BCUT2D eigenvalue weighted by atomic mass is 16.6. The number of nitrogens with one attached hydrogen (secondary N) is 1. The minimum Gasteiger partial charge on any atom is -0.497 e. The third kappa shape index (κ3) is 3.95. The second kappa shape index (κ2) is 8.67. The number of aromatic nitrogens is 1. The molecule has 1 saturated heterocycles. The molecule has 5 rings (SSSR count). The van der Waals surface area contributed by atoms with Crippen molar-refractivity contribution in [3.63, 3.8) is 0 Å². The fourth-order valence-electron chi connectivity index (χ4n) is 4.51. The molecule has 33 heavy (non-hydrogen) atoms. The maximum atomic E-state index is 13.0. The number of aliphatic carboxylic acids is 1. The minimum atomic E-state index is -0.931. The fraction of sp³-hybridized carbons (Fsp3) is 0.333. The number of carbonyl (C=O) groups is 2. The number of H-pyrrole nitrogens is 1. The van der Waals surface area contributed by atoms with Crippen molar-refractivity contribution in [2.45, 2.75) is 12.1 Å². The van der Waals surface area contributed by atoms with E-state index in [1.54, 1.807) is 30.3 Å². The average Bonchev–Trinajstić information content (AvgIpc) is 3.26. The summed E-state index contributed by atoms with van der Waals surface area (Å²) in [7, 11) is 1.58. The molecule has 9 nitrogen and oxygen atoms in total. The van der Waals surface area contributed by atoms with E-state index >= 15 is 0 Å². The molecule has 2 atom stereocenters. The van der Waals surface area contributed by atoms with Crippen LogP contribution >= 0.6 is 0 Å². The van der Waals surface area contributed by atoms with E-state index in [0.717, 1.165) is 10.9 Å². The van der Waals surface area contributed by atoms with Crippen molar-refractivity contribution in [1.29, 1.82) is 0 Å². The van der Waals surface area contributed by atoms with Crippen LogP contribution in [0.5, 0.6) is 17.2 Å². The zero-order valence-electron chi connectivity index (χ0n) is 18.2. The van der Waals surface area contributed by atoms with Crippen molar-refractivity contribution >= 4 is 22.8 Å². The highest BCUT2D eigenvalue weighted by Gasteiger charge is 2.36. The van der Waals surface area contributed by atoms with Gasteiger partial charge in [-0.15, -0.1) is 0 Å². The number of hydrogen-bond acceptors (Lipinski definition) is 6. The molecule has 0 aliphatic carbocycles. The summed E-state index contributed by atoms with van der Waals surface area (Å²) in [4.78, 5) is 32.0. The van der Waals surface area contributed by atoms with Gasteiger partial charge < -0.3 is 29.2 Å². The quantitative estimate of drug-likeness (QED) is 0.613. The number of nitrogens with zero attached hydrogens (tertiary/aromatic N) is 2. The van der Waals surface area contributed by atoms with Crippen molar-refractivity contribution in [2.75, 3.05) is 39.9 Å². The SMILES string of the molecule is COc1ccc2[nH]cc([C@@H](C(=O)O)N3CCN(C(=O)[C@@H]4COc5ccccc5O4)CC3)c2c1. The molecule has 0 bridgehead atoms. The molecule has 2 N–H and O–H groups in total. The first-order valence-corrected chi connectivity index (χ1v) is 10.8. The predicted octanol–water partition coefficient (Wildman–Crippen LogP) is 2.29. The van der Waals surface area contributed by atoms with Gasteiger partial charge in [0.2, 0.25) is 6.10 Å². The van der Waals surface area contributed by atoms with E-state index in [0.29, 0.717) is 49.0 Å². The lowest BCUT2D eigenvalue weighted by atomic mass is 10.0. The smallest absolute Gasteiger partial charge is 0.325 e. The van der Waals surface area contributed by atoms with Crippen molar-refractivity contribution < 1.29 is 28.9 Å². The van der Waals surface area contributed by atoms with E-state index in [1.807, 2.05) is 35.2 Å². The predicted molar refractivity (Wildman–Crippen MR) is 120 cm³/mol. The second-order valence-electron chi connectivity index (χ2n) is 8.12. The van der Waals surface area contributed by atoms with Crippen LogP contribution in [0.2, 0.25) is 0 Å². The molecule has 9 heteroatoms. The Morgan fingerprint density at radius 3 is 2.61 bits per heavy atom. The van der Waals surface area contributed by atoms with E-state index in [1.165, 1.54) is 0 Å². The van der Waals surface area contributed by atoms with Crippen LogP contribution in [0.3, 0.4) is 0 Å². The lowest BCUT2D eigenvalue weighted by Gasteiger charge is -2.39. The summed E-state index contributed by atoms with van der Waals surface area (Å²) >= 11 is 0. The van der Waals surface area contributed by atoms with Crippen LogP contribution in [0, 0.1) is 0 Å². The Hall–Kier alpha value is -3.72. The van der Waals surface area contributed by atoms with Crippen LogP contribution in [0.1, 0.15) is 11.6 Å². The summed E-state index contributed by atoms with van der Waals surface area (Å²) in [5, 5.41) is 10.9. The number of fused-ring (bicyclic) bond motifs is 2. The molecule has 3 heterocycles. The molecule has 1 fully saturated rings. The number of amides is 1. The van der Waals surface area contributed by atoms with Crippen molar-refractivity contribution in [2.24, 2.45) is 0 Å². The van der Waals surface area contributed by atoms with Crippen LogP contribution in [0.25, 0.3) is 10.9 Å². The van der Waals surface area contributed by atoms with Gasteiger partial charge in [-0.05, 0) is 30.3 Å². The summed E-state index contributed by atoms with van der Waals surface area (Å²) in [6, 6.07) is 12.0. The van der Waals surface area contributed by atoms with E-state index in [4.69, 9.17) is 14.2 Å². The number of methoxy groups -OCH3 is 1. The number of piperazine rings is 1. The van der Waals surface area contributed by atoms with Crippen LogP contribution in [0.4, 0.5) is 0 Å². The minimum absolute atomic E-state index is 0.146. The van der Waals surface area contributed by atoms with Gasteiger partial charge in [-0.3, -0.25) is 14.5 Å². The molecule has 0 radical (unpaired) electrons. The number of carboxylic acid groups (broad SMARTS) is 1. The standard InChI is InChI=1S/C24H25N3O6/c1-31-15-6-7-18-16(12-15)17(13-25-18)22(24(29)30)26-8-10-27(11-9-26)23(28)21-14-32-19-4-2-3-5-20(19)33-21/h2-7,12-13,21-22,25H,8-11,14H2,1H3,(H,29,30)/t21-,22-/m0/s1. The maximum absolute atomic E-state index is 13.0. The van der Waals surface area contributed by atoms with E-state index in [2.05, 4.69) is 4.98 Å². The molecule has 1 aromatic heterocycles. The van der Waals surface area contributed by atoms with Gasteiger partial charge in [0.15, 0.2) is 11.5 Å². The lowest BCUT2D eigenvalue weighted by molar-refractivity contribution is -0.147. The van der Waals surface area contributed by atoms with Crippen molar-refractivity contribution in [3.05, 3.63) is 54.2 Å². The molecular formula is C24H25N3O6. The maximum Gasteiger partial charge on any atom is 0.325 e. The third-order valence-corrected chi connectivity index (χ3v) is 6.22. The van der Waals surface area contributed by atoms with Crippen LogP contribution in [-0.2, 0) is 9.59 Å². The van der Waals surface area contributed by atoms with Gasteiger partial charge >= 0.3 is 5.97 Å². The number of ether oxygens (including phenoxy) is 3. The van der Waals surface area contributed by atoms with Gasteiger partial charge in [-0.1, -0.05) is 12.1 Å². The normalized spacial score (nSPS) is 19.3. The highest BCUT2D eigenvalue weighted by Crippen LogP contribution is 2.33. The Bertz CT molecular complexity index is 1180. The summed E-state index contributed by atoms with van der Waals surface area (Å²) in [6.07, 6.45) is 1.04. The highest BCUT2D eigenvalue weighted by molar-refractivity contribution is 5.90. The summed E-state index contributed by atoms with van der Waals surface area (Å²) in [5.74, 6) is 0.777. The molecule has 0 spiro atoms. The Balaban J connectivity index is 1.29. The zero-order valence-corrected chi connectivity index (χ0v) is 18.2.